The van der Waals surface area contributed by atoms with Gasteiger partial charge in [-0.15, -0.1) is 0 Å². The molecule has 0 bridgehead atoms. The van der Waals surface area contributed by atoms with Gasteiger partial charge in [0, 0.05) is 11.8 Å². The first-order valence-corrected chi connectivity index (χ1v) is 10.3. The van der Waals surface area contributed by atoms with Gasteiger partial charge >= 0.3 is 0 Å². The summed E-state index contributed by atoms with van der Waals surface area (Å²) in [5.41, 5.74) is 0.892. The molecule has 2 aromatic carbocycles. The van der Waals surface area contributed by atoms with Crippen LogP contribution in [-0.4, -0.2) is 62.2 Å². The normalized spacial score (nSPS) is 19.0. The molecule has 2 heterocycles. The summed E-state index contributed by atoms with van der Waals surface area (Å²) in [5.74, 6) is 0.0979. The quantitative estimate of drug-likeness (QED) is 0.607. The Morgan fingerprint density at radius 1 is 1.03 bits per heavy atom. The second kappa shape index (κ2) is 9.15. The first kappa shape index (κ1) is 22.1. The highest BCUT2D eigenvalue weighted by Gasteiger charge is 2.55. The number of hydrogen-bond donors (Lipinski definition) is 1. The van der Waals surface area contributed by atoms with Crippen molar-refractivity contribution >= 4 is 29.1 Å². The summed E-state index contributed by atoms with van der Waals surface area (Å²) in [7, 11) is 2.95. The average molecular weight is 453 g/mol. The van der Waals surface area contributed by atoms with Gasteiger partial charge in [-0.25, -0.2) is 4.90 Å². The number of nitrogens with one attached hydrogen (secondary N) is 1. The molecule has 172 valence electrons. The van der Waals surface area contributed by atoms with Gasteiger partial charge in [0.05, 0.1) is 26.5 Å². The number of carbonyl (C=O) groups excluding carboxylic acids is 3. The molecular formula is C22H23N5O6. The molecule has 11 nitrogen and oxygen atoms in total. The average Bonchev–Trinajstić information content (AvgIpc) is 3.34. The number of carbonyl (C=O) groups is 3. The number of nitrogens with zero attached hydrogens (tertiary/aromatic N) is 4. The van der Waals surface area contributed by atoms with E-state index >= 15 is 0 Å². The first-order valence-electron chi connectivity index (χ1n) is 10.3. The van der Waals surface area contributed by atoms with Crippen LogP contribution in [0.5, 0.6) is 17.2 Å². The Morgan fingerprint density at radius 3 is 2.42 bits per heavy atom. The molecule has 1 fully saturated rings. The summed E-state index contributed by atoms with van der Waals surface area (Å²) in [6.45, 7) is 2.19. The van der Waals surface area contributed by atoms with Gasteiger partial charge in [0.15, 0.2) is 23.6 Å². The minimum absolute atomic E-state index is 0.239. The van der Waals surface area contributed by atoms with E-state index in [0.717, 1.165) is 4.90 Å². The Kier molecular flexibility index (Phi) is 6.11. The van der Waals surface area contributed by atoms with Crippen LogP contribution in [0.1, 0.15) is 6.92 Å². The van der Waals surface area contributed by atoms with Crippen molar-refractivity contribution < 1.29 is 28.6 Å². The molecular weight excluding hydrogens is 430 g/mol. The molecule has 2 atom stereocenters. The molecule has 3 amide bonds. The molecule has 4 rings (SSSR count). The van der Waals surface area contributed by atoms with E-state index in [1.165, 1.54) is 25.3 Å². The van der Waals surface area contributed by atoms with Gasteiger partial charge in [0.25, 0.3) is 11.8 Å². The first-order chi connectivity index (χ1) is 16.0. The maximum atomic E-state index is 13.1. The van der Waals surface area contributed by atoms with Crippen LogP contribution in [0.25, 0.3) is 0 Å². The lowest BCUT2D eigenvalue weighted by molar-refractivity contribution is -0.123. The molecule has 33 heavy (non-hydrogen) atoms. The summed E-state index contributed by atoms with van der Waals surface area (Å²) >= 11 is 0. The van der Waals surface area contributed by atoms with Crippen molar-refractivity contribution in [3.8, 4) is 17.2 Å². The monoisotopic (exact) mass is 453 g/mol. The highest BCUT2D eigenvalue weighted by atomic mass is 16.5. The minimum atomic E-state index is -1.01. The van der Waals surface area contributed by atoms with Gasteiger partial charge in [-0.05, 0) is 43.3 Å². The molecule has 0 aliphatic carbocycles. The third-order valence-corrected chi connectivity index (χ3v) is 5.24. The van der Waals surface area contributed by atoms with Crippen molar-refractivity contribution in [1.29, 1.82) is 0 Å². The maximum Gasteiger partial charge on any atom is 0.263 e. The van der Waals surface area contributed by atoms with E-state index in [2.05, 4.69) is 15.7 Å². The Hall–Kier alpha value is -4.15. The van der Waals surface area contributed by atoms with Gasteiger partial charge < -0.3 is 19.5 Å². The van der Waals surface area contributed by atoms with Crippen molar-refractivity contribution in [2.45, 2.75) is 19.0 Å². The number of rotatable bonds is 8. The zero-order valence-corrected chi connectivity index (χ0v) is 18.3. The predicted octanol–water partition coefficient (Wildman–Crippen LogP) is 2.03. The smallest absolute Gasteiger partial charge is 0.263 e. The summed E-state index contributed by atoms with van der Waals surface area (Å²) in [6.07, 6.45) is 0. The largest absolute Gasteiger partial charge is 0.494 e. The summed E-state index contributed by atoms with van der Waals surface area (Å²) < 4.78 is 15.8. The number of fused-ring (bicyclic) bond motifs is 1. The minimum Gasteiger partial charge on any atom is -0.494 e. The molecule has 1 N–H and O–H groups in total. The molecule has 0 spiro atoms. The Bertz CT molecular complexity index is 1100. The van der Waals surface area contributed by atoms with E-state index in [1.807, 2.05) is 6.92 Å². The lowest BCUT2D eigenvalue weighted by Crippen LogP contribution is -2.43. The van der Waals surface area contributed by atoms with Gasteiger partial charge in [0.1, 0.15) is 12.3 Å². The molecule has 0 radical (unpaired) electrons. The molecule has 2 aliphatic heterocycles. The number of anilines is 2. The fourth-order valence-corrected chi connectivity index (χ4v) is 3.72. The highest BCUT2D eigenvalue weighted by molar-refractivity contribution is 6.25. The van der Waals surface area contributed by atoms with Crippen molar-refractivity contribution in [1.82, 2.24) is 5.01 Å². The third-order valence-electron chi connectivity index (χ3n) is 5.24. The van der Waals surface area contributed by atoms with Crippen LogP contribution in [0.4, 0.5) is 11.4 Å². The zero-order valence-electron chi connectivity index (χ0n) is 18.3. The van der Waals surface area contributed by atoms with Crippen LogP contribution in [0, 0.1) is 0 Å². The van der Waals surface area contributed by atoms with Crippen molar-refractivity contribution in [2.75, 3.05) is 37.6 Å². The lowest BCUT2D eigenvalue weighted by atomic mass is 10.1. The zero-order chi connectivity index (χ0) is 23.5. The van der Waals surface area contributed by atoms with Crippen LogP contribution in [0.2, 0.25) is 0 Å². The lowest BCUT2D eigenvalue weighted by Gasteiger charge is -2.20. The van der Waals surface area contributed by atoms with Crippen LogP contribution in [-0.2, 0) is 14.4 Å². The number of ether oxygens (including phenoxy) is 3. The SMILES string of the molecule is CCOc1ccc(NC(=O)CN2N=N[C@@H]3C(=O)N(c4ccc(OC)c(OC)c4)C(=O)[C@H]32)cc1. The van der Waals surface area contributed by atoms with E-state index in [4.69, 9.17) is 14.2 Å². The van der Waals surface area contributed by atoms with Crippen molar-refractivity contribution in [3.05, 3.63) is 42.5 Å². The van der Waals surface area contributed by atoms with Gasteiger partial charge in [0.2, 0.25) is 5.91 Å². The number of amides is 3. The number of imide groups is 1. The van der Waals surface area contributed by atoms with E-state index < -0.39 is 29.8 Å². The van der Waals surface area contributed by atoms with Gasteiger partial charge in [-0.3, -0.25) is 19.4 Å². The molecule has 2 aromatic rings. The van der Waals surface area contributed by atoms with Gasteiger partial charge in [-0.2, -0.15) is 5.11 Å². The standard InChI is InChI=1S/C22H23N5O6/c1-4-33-15-8-5-13(6-9-15)23-18(28)12-26-20-19(24-25-26)21(29)27(22(20)30)14-7-10-16(31-2)17(11-14)32-3/h5-11,19-20H,4,12H2,1-3H3,(H,23,28)/t19-,20-/m0/s1. The summed E-state index contributed by atoms with van der Waals surface area (Å²) in [5, 5.41) is 11.8. The van der Waals surface area contributed by atoms with Crippen LogP contribution >= 0.6 is 0 Å². The molecule has 11 heteroatoms. The number of benzene rings is 2. The fraction of sp³-hybridized carbons (Fsp3) is 0.318. The topological polar surface area (TPSA) is 122 Å². The summed E-state index contributed by atoms with van der Waals surface area (Å²) in [6, 6.07) is 9.62. The highest BCUT2D eigenvalue weighted by Crippen LogP contribution is 2.36. The van der Waals surface area contributed by atoms with Crippen molar-refractivity contribution in [2.24, 2.45) is 10.3 Å². The molecule has 0 unspecified atom stereocenters. The molecule has 0 saturated carbocycles. The van der Waals surface area contributed by atoms with E-state index in [0.29, 0.717) is 35.2 Å². The second-order valence-corrected chi connectivity index (χ2v) is 7.25. The maximum absolute atomic E-state index is 13.1. The Morgan fingerprint density at radius 2 is 1.76 bits per heavy atom. The van der Waals surface area contributed by atoms with Crippen molar-refractivity contribution in [3.63, 3.8) is 0 Å². The van der Waals surface area contributed by atoms with Crippen LogP contribution < -0.4 is 24.4 Å². The Labute approximate surface area is 189 Å². The van der Waals surface area contributed by atoms with E-state index in [-0.39, 0.29) is 6.54 Å². The number of hydrogen-bond acceptors (Lipinski definition) is 9. The Balaban J connectivity index is 1.46. The van der Waals surface area contributed by atoms with E-state index in [9.17, 15) is 14.4 Å². The van der Waals surface area contributed by atoms with Gasteiger partial charge in [-0.1, -0.05) is 5.22 Å². The van der Waals surface area contributed by atoms with E-state index in [1.54, 1.807) is 36.4 Å². The van der Waals surface area contributed by atoms with Crippen LogP contribution in [0.15, 0.2) is 52.8 Å². The molecule has 2 aliphatic rings. The predicted molar refractivity (Wildman–Crippen MR) is 117 cm³/mol. The second-order valence-electron chi connectivity index (χ2n) is 7.25. The summed E-state index contributed by atoms with van der Waals surface area (Å²) in [4.78, 5) is 39.6. The van der Waals surface area contributed by atoms with Crippen LogP contribution in [0.3, 0.4) is 0 Å². The fourth-order valence-electron chi connectivity index (χ4n) is 3.72. The molecule has 0 aromatic heterocycles. The number of methoxy groups -OCH3 is 2. The molecule has 1 saturated heterocycles. The third kappa shape index (κ3) is 4.16.